The Morgan fingerprint density at radius 1 is 1.20 bits per heavy atom. The summed E-state index contributed by atoms with van der Waals surface area (Å²) in [5, 5.41) is 3.49. The Bertz CT molecular complexity index is 268. The first kappa shape index (κ1) is 12.6. The Hall–Kier alpha value is -0.470. The number of nitrogens with one attached hydrogen (secondary N) is 1. The molecule has 1 N–H and O–H groups in total. The number of hydrogen-bond acceptors (Lipinski definition) is 2. The van der Waals surface area contributed by atoms with Crippen molar-refractivity contribution in [3.8, 4) is 0 Å². The fraction of sp³-hybridized carbons (Fsp3) is 0.538. The Balaban J connectivity index is 2.54. The molecule has 0 saturated heterocycles. The highest BCUT2D eigenvalue weighted by Crippen LogP contribution is 2.20. The van der Waals surface area contributed by atoms with Crippen LogP contribution in [-0.2, 0) is 0 Å². The summed E-state index contributed by atoms with van der Waals surface area (Å²) in [6, 6.07) is 9.35. The van der Waals surface area contributed by atoms with Gasteiger partial charge in [0.05, 0.1) is 0 Å². The summed E-state index contributed by atoms with van der Waals surface area (Å²) in [6.07, 6.45) is 1.19. The van der Waals surface area contributed by atoms with Crippen molar-refractivity contribution >= 4 is 11.8 Å². The van der Waals surface area contributed by atoms with Crippen molar-refractivity contribution in [2.24, 2.45) is 0 Å². The van der Waals surface area contributed by atoms with Crippen molar-refractivity contribution in [2.75, 3.05) is 12.3 Å². The highest BCUT2D eigenvalue weighted by atomic mass is 32.2. The lowest BCUT2D eigenvalue weighted by Gasteiger charge is -2.13. The van der Waals surface area contributed by atoms with Crippen LogP contribution in [0.15, 0.2) is 29.2 Å². The molecule has 0 spiro atoms. The fourth-order valence-corrected chi connectivity index (χ4v) is 2.16. The number of rotatable bonds is 6. The maximum Gasteiger partial charge on any atom is 0.0291 e. The quantitative estimate of drug-likeness (QED) is 0.735. The molecule has 0 amide bonds. The highest BCUT2D eigenvalue weighted by Gasteiger charge is 2.03. The zero-order valence-electron chi connectivity index (χ0n) is 9.92. The number of benzene rings is 1. The van der Waals surface area contributed by atoms with Crippen molar-refractivity contribution in [1.29, 1.82) is 0 Å². The van der Waals surface area contributed by atoms with E-state index in [2.05, 4.69) is 50.4 Å². The Labute approximate surface area is 97.7 Å². The smallest absolute Gasteiger partial charge is 0.0291 e. The molecule has 1 aromatic carbocycles. The molecule has 0 fully saturated rings. The van der Waals surface area contributed by atoms with Gasteiger partial charge in [0.2, 0.25) is 0 Å². The largest absolute Gasteiger partial charge is 0.310 e. The molecule has 0 aliphatic heterocycles. The Morgan fingerprint density at radius 3 is 2.40 bits per heavy atom. The Morgan fingerprint density at radius 2 is 1.87 bits per heavy atom. The summed E-state index contributed by atoms with van der Waals surface area (Å²) in [4.78, 5) is 1.36. The first-order valence-electron chi connectivity index (χ1n) is 5.74. The predicted octanol–water partition coefficient (Wildman–Crippen LogP) is 3.86. The van der Waals surface area contributed by atoms with E-state index in [4.69, 9.17) is 0 Å². The van der Waals surface area contributed by atoms with Gasteiger partial charge in [-0.2, -0.15) is 0 Å². The first-order valence-corrected chi connectivity index (χ1v) is 6.72. The van der Waals surface area contributed by atoms with Crippen LogP contribution in [0.2, 0.25) is 0 Å². The van der Waals surface area contributed by atoms with Gasteiger partial charge < -0.3 is 5.32 Å². The van der Waals surface area contributed by atoms with Gasteiger partial charge in [-0.3, -0.25) is 0 Å². The van der Waals surface area contributed by atoms with E-state index < -0.39 is 0 Å². The third kappa shape index (κ3) is 4.27. The molecule has 0 saturated carbocycles. The summed E-state index contributed by atoms with van der Waals surface area (Å²) < 4.78 is 0. The van der Waals surface area contributed by atoms with Crippen molar-refractivity contribution < 1.29 is 0 Å². The first-order chi connectivity index (χ1) is 7.27. The maximum absolute atomic E-state index is 3.49. The van der Waals surface area contributed by atoms with Gasteiger partial charge in [0.1, 0.15) is 0 Å². The minimum Gasteiger partial charge on any atom is -0.310 e. The van der Waals surface area contributed by atoms with E-state index in [9.17, 15) is 0 Å². The van der Waals surface area contributed by atoms with Crippen molar-refractivity contribution in [3.05, 3.63) is 29.8 Å². The molecule has 2 heteroatoms. The Kier molecular flexibility index (Phi) is 5.81. The van der Waals surface area contributed by atoms with E-state index >= 15 is 0 Å². The lowest BCUT2D eigenvalue weighted by molar-refractivity contribution is 0.570. The van der Waals surface area contributed by atoms with Crippen LogP contribution < -0.4 is 5.32 Å². The van der Waals surface area contributed by atoms with Crippen LogP contribution in [0.3, 0.4) is 0 Å². The van der Waals surface area contributed by atoms with Crippen molar-refractivity contribution in [2.45, 2.75) is 38.1 Å². The molecule has 1 aromatic rings. The predicted molar refractivity (Wildman–Crippen MR) is 69.5 cm³/mol. The second-order valence-corrected chi connectivity index (χ2v) is 5.02. The lowest BCUT2D eigenvalue weighted by Crippen LogP contribution is -2.19. The average Bonchev–Trinajstić information content (AvgIpc) is 2.27. The summed E-state index contributed by atoms with van der Waals surface area (Å²) >= 11 is 1.89. The molecule has 0 bridgehead atoms. The fourth-order valence-electron chi connectivity index (χ4n) is 1.50. The maximum atomic E-state index is 3.49. The molecule has 0 aromatic heterocycles. The standard InChI is InChI=1S/C13H21NS/c1-4-10-14-11(3)12-6-8-13(9-7-12)15-5-2/h6-9,11,14H,4-5,10H2,1-3H3. The molecular formula is C13H21NS. The molecule has 0 aliphatic rings. The highest BCUT2D eigenvalue weighted by molar-refractivity contribution is 7.99. The molecule has 0 radical (unpaired) electrons. The topological polar surface area (TPSA) is 12.0 Å². The molecule has 0 aliphatic carbocycles. The van der Waals surface area contributed by atoms with Crippen molar-refractivity contribution in [1.82, 2.24) is 5.32 Å². The molecule has 84 valence electrons. The second kappa shape index (κ2) is 6.91. The number of thioether (sulfide) groups is 1. The minimum absolute atomic E-state index is 0.464. The van der Waals surface area contributed by atoms with Crippen LogP contribution in [0, 0.1) is 0 Å². The van der Waals surface area contributed by atoms with Crippen LogP contribution in [0.25, 0.3) is 0 Å². The van der Waals surface area contributed by atoms with E-state index in [0.29, 0.717) is 6.04 Å². The minimum atomic E-state index is 0.464. The molecule has 1 atom stereocenters. The normalized spacial score (nSPS) is 12.7. The molecule has 1 unspecified atom stereocenters. The van der Waals surface area contributed by atoms with E-state index in [1.807, 2.05) is 11.8 Å². The zero-order chi connectivity index (χ0) is 11.1. The molecule has 1 rings (SSSR count). The van der Waals surface area contributed by atoms with E-state index in [1.54, 1.807) is 0 Å². The van der Waals surface area contributed by atoms with Crippen LogP contribution in [0.5, 0.6) is 0 Å². The summed E-state index contributed by atoms with van der Waals surface area (Å²) in [6.45, 7) is 7.69. The summed E-state index contributed by atoms with van der Waals surface area (Å²) in [5.41, 5.74) is 1.38. The monoisotopic (exact) mass is 223 g/mol. The van der Waals surface area contributed by atoms with Gasteiger partial charge >= 0.3 is 0 Å². The van der Waals surface area contributed by atoms with Gasteiger partial charge in [-0.15, -0.1) is 11.8 Å². The van der Waals surface area contributed by atoms with E-state index in [1.165, 1.54) is 16.9 Å². The SMILES string of the molecule is CCCNC(C)c1ccc(SCC)cc1. The van der Waals surface area contributed by atoms with E-state index in [0.717, 1.165) is 12.3 Å². The third-order valence-electron chi connectivity index (χ3n) is 2.39. The van der Waals surface area contributed by atoms with Gasteiger partial charge in [-0.25, -0.2) is 0 Å². The van der Waals surface area contributed by atoms with Crippen LogP contribution in [0.1, 0.15) is 38.8 Å². The molecule has 15 heavy (non-hydrogen) atoms. The number of hydrogen-bond donors (Lipinski definition) is 1. The van der Waals surface area contributed by atoms with Gasteiger partial charge in [-0.1, -0.05) is 26.0 Å². The van der Waals surface area contributed by atoms with Gasteiger partial charge in [0.15, 0.2) is 0 Å². The molecular weight excluding hydrogens is 202 g/mol. The lowest BCUT2D eigenvalue weighted by atomic mass is 10.1. The van der Waals surface area contributed by atoms with Crippen LogP contribution >= 0.6 is 11.8 Å². The average molecular weight is 223 g/mol. The molecule has 0 heterocycles. The van der Waals surface area contributed by atoms with Gasteiger partial charge in [-0.05, 0) is 43.3 Å². The zero-order valence-corrected chi connectivity index (χ0v) is 10.7. The van der Waals surface area contributed by atoms with Crippen LogP contribution in [0.4, 0.5) is 0 Å². The van der Waals surface area contributed by atoms with Gasteiger partial charge in [0, 0.05) is 10.9 Å². The van der Waals surface area contributed by atoms with Gasteiger partial charge in [0.25, 0.3) is 0 Å². The summed E-state index contributed by atoms with van der Waals surface area (Å²) in [7, 11) is 0. The van der Waals surface area contributed by atoms with Crippen LogP contribution in [-0.4, -0.2) is 12.3 Å². The summed E-state index contributed by atoms with van der Waals surface area (Å²) in [5.74, 6) is 1.14. The molecule has 1 nitrogen and oxygen atoms in total. The van der Waals surface area contributed by atoms with Crippen molar-refractivity contribution in [3.63, 3.8) is 0 Å². The third-order valence-corrected chi connectivity index (χ3v) is 3.29. The van der Waals surface area contributed by atoms with E-state index in [-0.39, 0.29) is 0 Å². The second-order valence-electron chi connectivity index (χ2n) is 3.68.